The summed E-state index contributed by atoms with van der Waals surface area (Å²) < 4.78 is 0.477. The highest BCUT2D eigenvalue weighted by molar-refractivity contribution is 8.26. The number of unbranched alkanes of at least 4 members (excludes halogenated alkanes) is 3. The number of thiocarbonyl (C=S) groups is 1. The summed E-state index contributed by atoms with van der Waals surface area (Å²) in [6.45, 7) is 4.52. The maximum atomic E-state index is 13.5. The summed E-state index contributed by atoms with van der Waals surface area (Å²) in [5, 5.41) is 2.84. The van der Waals surface area contributed by atoms with Gasteiger partial charge in [-0.15, -0.1) is 0 Å². The molecule has 1 fully saturated rings. The summed E-state index contributed by atoms with van der Waals surface area (Å²) in [5.41, 5.74) is 3.36. The normalized spacial score (nSPS) is 17.5. The minimum atomic E-state index is -0.355. The van der Waals surface area contributed by atoms with Crippen molar-refractivity contribution in [3.05, 3.63) is 64.6 Å². The Morgan fingerprint density at radius 2 is 1.71 bits per heavy atom. The maximum Gasteiger partial charge on any atom is 0.267 e. The van der Waals surface area contributed by atoms with Crippen LogP contribution >= 0.6 is 24.0 Å². The van der Waals surface area contributed by atoms with Crippen LogP contribution in [0.2, 0.25) is 0 Å². The van der Waals surface area contributed by atoms with Crippen LogP contribution < -0.4 is 10.2 Å². The van der Waals surface area contributed by atoms with Crippen LogP contribution in [0.15, 0.2) is 53.4 Å². The van der Waals surface area contributed by atoms with Crippen LogP contribution in [0, 0.1) is 6.92 Å². The molecule has 2 aliphatic heterocycles. The van der Waals surface area contributed by atoms with Gasteiger partial charge in [-0.3, -0.25) is 24.2 Å². The van der Waals surface area contributed by atoms with E-state index in [1.54, 1.807) is 11.0 Å². The summed E-state index contributed by atoms with van der Waals surface area (Å²) >= 11 is 6.65. The number of thioether (sulfide) groups is 1. The van der Waals surface area contributed by atoms with Gasteiger partial charge in [-0.05, 0) is 31.5 Å². The highest BCUT2D eigenvalue weighted by Crippen LogP contribution is 2.44. The van der Waals surface area contributed by atoms with Crippen LogP contribution in [0.5, 0.6) is 0 Å². The lowest BCUT2D eigenvalue weighted by Crippen LogP contribution is -2.35. The van der Waals surface area contributed by atoms with Crippen molar-refractivity contribution >= 4 is 63.0 Å². The lowest BCUT2D eigenvalue weighted by molar-refractivity contribution is -0.122. The van der Waals surface area contributed by atoms with Crippen molar-refractivity contribution in [2.24, 2.45) is 0 Å². The van der Waals surface area contributed by atoms with Crippen LogP contribution in [0.4, 0.5) is 11.4 Å². The number of nitrogens with zero attached hydrogens (tertiary/aromatic N) is 2. The third kappa shape index (κ3) is 4.93. The quantitative estimate of drug-likeness (QED) is 0.314. The molecule has 0 saturated carbocycles. The average molecular weight is 494 g/mol. The smallest absolute Gasteiger partial charge is 0.267 e. The number of anilines is 2. The van der Waals surface area contributed by atoms with Gasteiger partial charge < -0.3 is 5.32 Å². The second kappa shape index (κ2) is 10.5. The first kappa shape index (κ1) is 24.2. The van der Waals surface area contributed by atoms with Gasteiger partial charge in [0.25, 0.3) is 11.8 Å². The summed E-state index contributed by atoms with van der Waals surface area (Å²) in [4.78, 5) is 42.9. The van der Waals surface area contributed by atoms with E-state index in [-0.39, 0.29) is 24.3 Å². The Morgan fingerprint density at radius 3 is 2.44 bits per heavy atom. The van der Waals surface area contributed by atoms with Crippen molar-refractivity contribution in [3.8, 4) is 0 Å². The van der Waals surface area contributed by atoms with E-state index in [1.165, 1.54) is 16.7 Å². The molecule has 0 aromatic heterocycles. The molecule has 8 heteroatoms. The third-order valence-electron chi connectivity index (χ3n) is 5.87. The molecular weight excluding hydrogens is 466 g/mol. The lowest BCUT2D eigenvalue weighted by atomic mass is 10.1. The Labute approximate surface area is 209 Å². The Balaban J connectivity index is 1.57. The summed E-state index contributed by atoms with van der Waals surface area (Å²) in [6, 6.07) is 14.7. The molecule has 0 unspecified atom stereocenters. The predicted octanol–water partition coefficient (Wildman–Crippen LogP) is 5.13. The van der Waals surface area contributed by atoms with Gasteiger partial charge in [0, 0.05) is 17.8 Å². The van der Waals surface area contributed by atoms with Gasteiger partial charge in [0.05, 0.1) is 16.2 Å². The van der Waals surface area contributed by atoms with Crippen LogP contribution in [-0.2, 0) is 14.4 Å². The number of hydrogen-bond acceptors (Lipinski definition) is 5. The van der Waals surface area contributed by atoms with Gasteiger partial charge in [0.1, 0.15) is 10.9 Å². The first-order valence-corrected chi connectivity index (χ1v) is 12.7. The zero-order valence-corrected chi connectivity index (χ0v) is 20.9. The number of amides is 3. The number of benzene rings is 2. The molecule has 0 aliphatic carbocycles. The molecule has 4 rings (SSSR count). The topological polar surface area (TPSA) is 69.7 Å². The van der Waals surface area contributed by atoms with Gasteiger partial charge in [-0.25, -0.2) is 0 Å². The fourth-order valence-corrected chi connectivity index (χ4v) is 5.46. The zero-order chi connectivity index (χ0) is 24.2. The fraction of sp³-hybridized carbons (Fsp3) is 0.308. The second-order valence-electron chi connectivity index (χ2n) is 8.41. The number of fused-ring (bicyclic) bond motifs is 1. The number of hydrogen-bond donors (Lipinski definition) is 1. The van der Waals surface area contributed by atoms with Crippen molar-refractivity contribution in [3.63, 3.8) is 0 Å². The van der Waals surface area contributed by atoms with E-state index in [2.05, 4.69) is 12.2 Å². The number of carbonyl (C=O) groups is 3. The molecule has 0 bridgehead atoms. The van der Waals surface area contributed by atoms with Crippen molar-refractivity contribution in [1.82, 2.24) is 4.90 Å². The van der Waals surface area contributed by atoms with E-state index >= 15 is 0 Å². The van der Waals surface area contributed by atoms with E-state index in [0.29, 0.717) is 38.3 Å². The van der Waals surface area contributed by atoms with E-state index < -0.39 is 0 Å². The summed E-state index contributed by atoms with van der Waals surface area (Å²) in [6.07, 6.45) is 4.13. The van der Waals surface area contributed by atoms with Crippen LogP contribution in [0.3, 0.4) is 0 Å². The SMILES string of the molecule is CCCCCCN1C(=O)/C(=C2\C(=O)N(CC(=O)Nc3ccc(C)cc3)c3ccccc32)SC1=S. The predicted molar refractivity (Wildman–Crippen MR) is 142 cm³/mol. The molecule has 1 saturated heterocycles. The maximum absolute atomic E-state index is 13.5. The molecule has 0 radical (unpaired) electrons. The molecule has 1 N–H and O–H groups in total. The fourth-order valence-electron chi connectivity index (χ4n) is 4.08. The van der Waals surface area contributed by atoms with Gasteiger partial charge in [-0.2, -0.15) is 0 Å². The number of carbonyl (C=O) groups excluding carboxylic acids is 3. The summed E-state index contributed by atoms with van der Waals surface area (Å²) in [5.74, 6) is -0.890. The van der Waals surface area contributed by atoms with E-state index in [9.17, 15) is 14.4 Å². The lowest BCUT2D eigenvalue weighted by Gasteiger charge is -2.17. The van der Waals surface area contributed by atoms with Crippen molar-refractivity contribution in [2.45, 2.75) is 39.5 Å². The largest absolute Gasteiger partial charge is 0.325 e. The molecule has 176 valence electrons. The molecule has 2 aromatic rings. The van der Waals surface area contributed by atoms with Crippen molar-refractivity contribution in [1.29, 1.82) is 0 Å². The molecule has 3 amide bonds. The third-order valence-corrected chi connectivity index (χ3v) is 7.32. The van der Waals surface area contributed by atoms with E-state index in [4.69, 9.17) is 12.2 Å². The highest BCUT2D eigenvalue weighted by Gasteiger charge is 2.42. The van der Waals surface area contributed by atoms with E-state index in [1.807, 2.05) is 49.4 Å². The van der Waals surface area contributed by atoms with Gasteiger partial charge in [0.2, 0.25) is 5.91 Å². The Kier molecular flexibility index (Phi) is 7.48. The van der Waals surface area contributed by atoms with Crippen LogP contribution in [0.1, 0.15) is 43.7 Å². The van der Waals surface area contributed by atoms with Crippen molar-refractivity contribution in [2.75, 3.05) is 23.3 Å². The molecule has 0 atom stereocenters. The minimum Gasteiger partial charge on any atom is -0.325 e. The second-order valence-corrected chi connectivity index (χ2v) is 10.1. The molecule has 34 heavy (non-hydrogen) atoms. The monoisotopic (exact) mass is 493 g/mol. The van der Waals surface area contributed by atoms with Gasteiger partial charge in [0.15, 0.2) is 0 Å². The van der Waals surface area contributed by atoms with Gasteiger partial charge in [-0.1, -0.05) is 86.1 Å². The minimum absolute atomic E-state index is 0.148. The molecular formula is C26H27N3O3S2. The highest BCUT2D eigenvalue weighted by atomic mass is 32.2. The molecule has 2 heterocycles. The Hall–Kier alpha value is -2.97. The first-order chi connectivity index (χ1) is 16.4. The van der Waals surface area contributed by atoms with Crippen LogP contribution in [0.25, 0.3) is 5.57 Å². The summed E-state index contributed by atoms with van der Waals surface area (Å²) in [7, 11) is 0. The molecule has 2 aromatic carbocycles. The molecule has 2 aliphatic rings. The molecule has 6 nitrogen and oxygen atoms in total. The standard InChI is InChI=1S/C26H27N3O3S2/c1-3-4-5-8-15-28-25(32)23(34-26(28)33)22-19-9-6-7-10-20(19)29(24(22)31)16-21(30)27-18-13-11-17(2)12-14-18/h6-7,9-14H,3-5,8,15-16H2,1-2H3,(H,27,30)/b23-22+. The van der Waals surface area contributed by atoms with Gasteiger partial charge >= 0.3 is 0 Å². The Bertz CT molecular complexity index is 1170. The first-order valence-electron chi connectivity index (χ1n) is 11.5. The number of rotatable bonds is 8. The average Bonchev–Trinajstić information content (AvgIpc) is 3.25. The number of para-hydroxylation sites is 1. The van der Waals surface area contributed by atoms with Crippen LogP contribution in [-0.4, -0.2) is 40.0 Å². The number of nitrogens with one attached hydrogen (secondary N) is 1. The number of aryl methyl sites for hydroxylation is 1. The zero-order valence-electron chi connectivity index (χ0n) is 19.3. The van der Waals surface area contributed by atoms with E-state index in [0.717, 1.165) is 31.2 Å². The Morgan fingerprint density at radius 1 is 0.971 bits per heavy atom. The van der Waals surface area contributed by atoms with Crippen molar-refractivity contribution < 1.29 is 14.4 Å². The molecule has 0 spiro atoms.